The van der Waals surface area contributed by atoms with Gasteiger partial charge < -0.3 is 4.98 Å². The van der Waals surface area contributed by atoms with E-state index in [1.165, 1.54) is 137 Å². The van der Waals surface area contributed by atoms with E-state index in [2.05, 4.69) is 547 Å². The first-order chi connectivity index (χ1) is 66.9. The first kappa shape index (κ1) is 113. The number of rotatable bonds is 0. The van der Waals surface area contributed by atoms with Crippen LogP contribution < -0.4 is 0 Å². The van der Waals surface area contributed by atoms with Gasteiger partial charge in [-0.1, -0.05) is 439 Å². The lowest BCUT2D eigenvalue weighted by Gasteiger charge is -2.23. The number of benzene rings is 12. The zero-order valence-electron chi connectivity index (χ0n) is 92.5. The Morgan fingerprint density at radius 1 is 0.215 bits per heavy atom. The SMILES string of the molecule is C.CC(C)(C)c1ccc2[nH]ccc2c1.CC(C)(C)c1ccc2ccccc2n1.CC(C)(C)c1ccc2ncccc2c1.CC(C)(C)c1cccc2ccccc12.CC(C)(C)c1cccc2cccnc12.CC(C)(C)c1nccc2ccccc12.Cc1cc(C(C)(C)C)c2ccccc2c1.Cc1ccc2cc(C(C)(C)C)ccc2n1.Cc1ccc2cccc(C(C)(C)C)c2n1.Cc1ccc2ncccc2c1C(C)(C)C. The van der Waals surface area contributed by atoms with Crippen molar-refractivity contribution < 1.29 is 0 Å². The highest BCUT2D eigenvalue weighted by molar-refractivity contribution is 5.91. The molecule has 748 valence electrons. The number of hydrogen-bond donors (Lipinski definition) is 1. The molecule has 1 N–H and O–H groups in total. The maximum atomic E-state index is 4.65. The number of pyridine rings is 7. The molecular formula is C136H164N8. The lowest BCUT2D eigenvalue weighted by atomic mass is 9.81. The van der Waals surface area contributed by atoms with Crippen molar-refractivity contribution in [3.8, 4) is 0 Å². The first-order valence-electron chi connectivity index (χ1n) is 51.0. The predicted octanol–water partition coefficient (Wildman–Crippen LogP) is 38.3. The van der Waals surface area contributed by atoms with Gasteiger partial charge in [0, 0.05) is 102 Å². The minimum Gasteiger partial charge on any atom is -0.361 e. The van der Waals surface area contributed by atoms with Gasteiger partial charge in [-0.2, -0.15) is 0 Å². The molecule has 8 aromatic heterocycles. The van der Waals surface area contributed by atoms with Gasteiger partial charge in [-0.15, -0.1) is 0 Å². The maximum Gasteiger partial charge on any atom is 0.0742 e. The van der Waals surface area contributed by atoms with Crippen molar-refractivity contribution in [2.24, 2.45) is 0 Å². The summed E-state index contributed by atoms with van der Waals surface area (Å²) in [6.07, 6.45) is 9.42. The van der Waals surface area contributed by atoms with E-state index in [1.54, 1.807) is 0 Å². The number of aryl methyl sites for hydroxylation is 4. The molecule has 0 spiro atoms. The van der Waals surface area contributed by atoms with Crippen LogP contribution in [0.3, 0.4) is 0 Å². The van der Waals surface area contributed by atoms with Crippen LogP contribution >= 0.6 is 0 Å². The molecule has 0 fully saturated rings. The molecule has 8 heterocycles. The molecule has 0 saturated carbocycles. The van der Waals surface area contributed by atoms with Crippen molar-refractivity contribution in [2.45, 2.75) is 297 Å². The quantitative estimate of drug-likeness (QED) is 0.161. The van der Waals surface area contributed by atoms with Crippen molar-refractivity contribution in [1.82, 2.24) is 39.9 Å². The summed E-state index contributed by atoms with van der Waals surface area (Å²) >= 11 is 0. The van der Waals surface area contributed by atoms with Gasteiger partial charge in [0.2, 0.25) is 0 Å². The summed E-state index contributed by atoms with van der Waals surface area (Å²) in [4.78, 5) is 34.6. The minimum atomic E-state index is 0. The number of aromatic nitrogens is 8. The lowest BCUT2D eigenvalue weighted by molar-refractivity contribution is 0.571. The van der Waals surface area contributed by atoms with E-state index in [0.29, 0.717) is 0 Å². The van der Waals surface area contributed by atoms with Crippen LogP contribution in [0.2, 0.25) is 0 Å². The Labute approximate surface area is 864 Å². The fourth-order valence-electron chi connectivity index (χ4n) is 17.7. The van der Waals surface area contributed by atoms with Crippen molar-refractivity contribution in [3.05, 3.63) is 425 Å². The topological polar surface area (TPSA) is 106 Å². The molecule has 0 aliphatic heterocycles. The highest BCUT2D eigenvalue weighted by Gasteiger charge is 2.25. The number of hydrogen-bond acceptors (Lipinski definition) is 7. The summed E-state index contributed by atoms with van der Waals surface area (Å²) in [7, 11) is 0. The normalized spacial score (nSPS) is 11.9. The third-order valence-electron chi connectivity index (χ3n) is 25.6. The maximum absolute atomic E-state index is 4.65. The van der Waals surface area contributed by atoms with Gasteiger partial charge in [-0.25, -0.2) is 0 Å². The molecule has 0 aliphatic rings. The Balaban J connectivity index is 0.000000164. The van der Waals surface area contributed by atoms with E-state index < -0.39 is 0 Å². The molecule has 8 heteroatoms. The molecule has 20 aromatic rings. The second kappa shape index (κ2) is 47.0. The fourth-order valence-corrected chi connectivity index (χ4v) is 17.7. The van der Waals surface area contributed by atoms with Gasteiger partial charge in [-0.05, 0) is 250 Å². The molecule has 144 heavy (non-hydrogen) atoms. The summed E-state index contributed by atoms with van der Waals surface area (Å²) in [6.45, 7) is 75.3. The number of fused-ring (bicyclic) bond motifs is 10. The monoisotopic (exact) mass is 1910 g/mol. The van der Waals surface area contributed by atoms with E-state index in [-0.39, 0.29) is 61.6 Å². The van der Waals surface area contributed by atoms with Gasteiger partial charge >= 0.3 is 0 Å². The molecule has 0 atom stereocenters. The van der Waals surface area contributed by atoms with Crippen LogP contribution in [-0.4, -0.2) is 39.9 Å². The van der Waals surface area contributed by atoms with Gasteiger partial charge in [0.1, 0.15) is 0 Å². The van der Waals surface area contributed by atoms with Gasteiger partial charge in [0.15, 0.2) is 0 Å². The molecule has 0 aliphatic carbocycles. The van der Waals surface area contributed by atoms with E-state index in [1.807, 2.05) is 75.2 Å². The number of para-hydroxylation sites is 3. The van der Waals surface area contributed by atoms with E-state index in [0.717, 1.165) is 50.2 Å². The zero-order valence-corrected chi connectivity index (χ0v) is 92.5. The standard InChI is InChI=1S/C15H18.3C14H17N.C14H16.4C13H15N.C12H15N.CH4/c1-11-9-12-7-5-6-8-13(12)14(10-11)15(2,3)4;1-10-5-6-11-9-12(14(2,3)4)7-8-13(11)15-10;1-10-7-8-12-11(6-5-9-15-12)13(10)14(2,3)4;1-10-8-9-11-6-5-7-12(13(11)15-10)14(2,3)4;1-14(2,3)13-10-6-8-11-7-4-5-9-12(11)13;1-13(2,3)11-8-4-6-10-7-5-9-14-12(10)11;1-13(2,3)11-6-7-12-10(9-11)5-4-8-14-12;1-13(2,3)12-11-7-5-4-6-10(11)8-9-14-12;1-13(2,3)12-9-8-10-6-4-5-7-11(10)14-12;1-12(2,3)10-4-5-11-9(8-10)6-7-13-11;/h5-10H,1-4H3;3*5-9H,1-4H3;4-10H,1-3H3;4*4-9H,1-3H3;4-8,13H,1-3H3;1H4. The summed E-state index contributed by atoms with van der Waals surface area (Å²) in [6, 6.07) is 111. The van der Waals surface area contributed by atoms with Crippen LogP contribution in [0.1, 0.15) is 294 Å². The second-order valence-electron chi connectivity index (χ2n) is 48.4. The number of aromatic amines is 1. The number of H-pyrrole nitrogens is 1. The van der Waals surface area contributed by atoms with Crippen LogP contribution in [0.15, 0.2) is 346 Å². The van der Waals surface area contributed by atoms with Crippen LogP contribution in [0, 0.1) is 27.7 Å². The average molecular weight is 1910 g/mol. The molecule has 8 nitrogen and oxygen atoms in total. The van der Waals surface area contributed by atoms with E-state index >= 15 is 0 Å². The molecule has 0 bridgehead atoms. The Morgan fingerprint density at radius 2 is 0.625 bits per heavy atom. The van der Waals surface area contributed by atoms with Crippen molar-refractivity contribution >= 4 is 109 Å². The van der Waals surface area contributed by atoms with Crippen LogP contribution in [-0.2, 0) is 54.1 Å². The number of nitrogens with one attached hydrogen (secondary N) is 1. The smallest absolute Gasteiger partial charge is 0.0742 e. The summed E-state index contributed by atoms with van der Waals surface area (Å²) in [5.74, 6) is 0. The van der Waals surface area contributed by atoms with Gasteiger partial charge in [0.05, 0.1) is 38.8 Å². The molecule has 0 radical (unpaired) electrons. The Morgan fingerprint density at radius 3 is 1.19 bits per heavy atom. The number of nitrogens with zero attached hydrogens (tertiary/aromatic N) is 7. The molecular weight excluding hydrogens is 1750 g/mol. The molecule has 20 rings (SSSR count). The minimum absolute atomic E-state index is 0. The Bertz CT molecular complexity index is 7310. The third-order valence-corrected chi connectivity index (χ3v) is 25.6. The lowest BCUT2D eigenvalue weighted by Crippen LogP contribution is -2.13. The van der Waals surface area contributed by atoms with Crippen LogP contribution in [0.4, 0.5) is 0 Å². The molecule has 0 unspecified atom stereocenters. The average Bonchev–Trinajstić information content (AvgIpc) is 0.864. The summed E-state index contributed by atoms with van der Waals surface area (Å²) in [5, 5.41) is 16.7. The largest absolute Gasteiger partial charge is 0.361 e. The summed E-state index contributed by atoms with van der Waals surface area (Å²) < 4.78 is 0. The second-order valence-corrected chi connectivity index (χ2v) is 48.4. The zero-order chi connectivity index (χ0) is 105. The summed E-state index contributed by atoms with van der Waals surface area (Å²) in [5.41, 5.74) is 27.8. The molecule has 12 aromatic carbocycles. The molecule has 0 amide bonds. The highest BCUT2D eigenvalue weighted by atomic mass is 14.7. The fraction of sp³-hybridized carbons (Fsp3) is 0.331. The van der Waals surface area contributed by atoms with Gasteiger partial charge in [0.25, 0.3) is 0 Å². The highest BCUT2D eigenvalue weighted by Crippen LogP contribution is 2.38. The Kier molecular flexibility index (Phi) is 36.7. The van der Waals surface area contributed by atoms with Crippen LogP contribution in [0.25, 0.3) is 109 Å². The van der Waals surface area contributed by atoms with Crippen molar-refractivity contribution in [3.63, 3.8) is 0 Å². The Hall–Kier alpha value is -13.4. The van der Waals surface area contributed by atoms with Crippen molar-refractivity contribution in [2.75, 3.05) is 0 Å². The predicted molar refractivity (Wildman–Crippen MR) is 631 cm³/mol. The van der Waals surface area contributed by atoms with Crippen LogP contribution in [0.5, 0.6) is 0 Å². The van der Waals surface area contributed by atoms with E-state index in [4.69, 9.17) is 0 Å². The van der Waals surface area contributed by atoms with Crippen molar-refractivity contribution in [1.29, 1.82) is 0 Å². The first-order valence-corrected chi connectivity index (χ1v) is 51.0. The van der Waals surface area contributed by atoms with Gasteiger partial charge in [-0.3, -0.25) is 34.9 Å². The van der Waals surface area contributed by atoms with E-state index in [9.17, 15) is 0 Å². The molecule has 0 saturated heterocycles. The third kappa shape index (κ3) is 30.8.